The van der Waals surface area contributed by atoms with E-state index in [2.05, 4.69) is 38.1 Å². The number of aryl methyl sites for hydroxylation is 1. The van der Waals surface area contributed by atoms with Gasteiger partial charge in [-0.25, -0.2) is 0 Å². The van der Waals surface area contributed by atoms with E-state index >= 15 is 0 Å². The first kappa shape index (κ1) is 11.6. The Labute approximate surface area is 80.4 Å². The Morgan fingerprint density at radius 2 is 1.92 bits per heavy atom. The molecule has 1 aromatic rings. The molecule has 1 heteroatoms. The molecule has 0 aliphatic rings. The molecule has 0 fully saturated rings. The molecule has 0 aliphatic carbocycles. The Bertz CT molecular complexity index is 206. The van der Waals surface area contributed by atoms with Crippen LogP contribution in [0, 0.1) is 6.92 Å². The summed E-state index contributed by atoms with van der Waals surface area (Å²) >= 11 is 1.89. The second kappa shape index (κ2) is 7.23. The largest absolute Gasteiger partial charge is 0.126 e. The molecular weight excluding hydrogens is 164 g/mol. The number of hydrogen-bond donors (Lipinski definition) is 0. The van der Waals surface area contributed by atoms with E-state index in [1.54, 1.807) is 0 Å². The van der Waals surface area contributed by atoms with Crippen molar-refractivity contribution in [3.63, 3.8) is 0 Å². The third kappa shape index (κ3) is 4.45. The topological polar surface area (TPSA) is 0 Å². The molecule has 1 aromatic carbocycles. The minimum atomic E-state index is 1.16. The van der Waals surface area contributed by atoms with Crippen LogP contribution in [0.3, 0.4) is 0 Å². The van der Waals surface area contributed by atoms with Gasteiger partial charge in [-0.1, -0.05) is 38.5 Å². The highest BCUT2D eigenvalue weighted by Gasteiger charge is 1.89. The molecule has 0 aliphatic heterocycles. The van der Waals surface area contributed by atoms with Gasteiger partial charge in [-0.05, 0) is 24.8 Å². The lowest BCUT2D eigenvalue weighted by Gasteiger charge is -1.97. The number of rotatable bonds is 2. The smallest absolute Gasteiger partial charge is 0.00744 e. The third-order valence-electron chi connectivity index (χ3n) is 1.30. The quantitative estimate of drug-likeness (QED) is 0.620. The number of benzene rings is 1. The summed E-state index contributed by atoms with van der Waals surface area (Å²) in [7, 11) is 0. The fourth-order valence-corrected chi connectivity index (χ4v) is 1.65. The molecule has 0 bridgehead atoms. The molecule has 0 heterocycles. The zero-order valence-electron chi connectivity index (χ0n) is 8.42. The summed E-state index contributed by atoms with van der Waals surface area (Å²) in [4.78, 5) is 1.38. The van der Waals surface area contributed by atoms with Crippen LogP contribution in [0.15, 0.2) is 29.2 Å². The second-order valence-corrected chi connectivity index (χ2v) is 3.59. The van der Waals surface area contributed by atoms with E-state index < -0.39 is 0 Å². The lowest BCUT2D eigenvalue weighted by molar-refractivity contribution is 1.35. The summed E-state index contributed by atoms with van der Waals surface area (Å²) in [5.41, 5.74) is 1.35. The minimum absolute atomic E-state index is 1.16. The van der Waals surface area contributed by atoms with E-state index in [1.807, 2.05) is 25.6 Å². The van der Waals surface area contributed by atoms with Crippen LogP contribution < -0.4 is 0 Å². The fourth-order valence-electron chi connectivity index (χ4n) is 0.872. The molecule has 0 spiro atoms. The van der Waals surface area contributed by atoms with Crippen LogP contribution in [0.2, 0.25) is 0 Å². The van der Waals surface area contributed by atoms with Gasteiger partial charge in [0.1, 0.15) is 0 Å². The van der Waals surface area contributed by atoms with Crippen molar-refractivity contribution in [3.05, 3.63) is 29.8 Å². The summed E-state index contributed by atoms with van der Waals surface area (Å²) in [6, 6.07) is 8.60. The van der Waals surface area contributed by atoms with Crippen LogP contribution in [0.4, 0.5) is 0 Å². The maximum atomic E-state index is 2.22. The highest BCUT2D eigenvalue weighted by atomic mass is 32.2. The van der Waals surface area contributed by atoms with Crippen LogP contribution in [-0.2, 0) is 0 Å². The van der Waals surface area contributed by atoms with E-state index in [0.29, 0.717) is 0 Å². The molecule has 12 heavy (non-hydrogen) atoms. The normalized spacial score (nSPS) is 8.67. The van der Waals surface area contributed by atoms with Crippen molar-refractivity contribution in [2.75, 3.05) is 5.75 Å². The molecule has 68 valence electrons. The van der Waals surface area contributed by atoms with E-state index in [-0.39, 0.29) is 0 Å². The summed E-state index contributed by atoms with van der Waals surface area (Å²) in [6.45, 7) is 8.30. The molecule has 0 unspecified atom stereocenters. The monoisotopic (exact) mass is 182 g/mol. The van der Waals surface area contributed by atoms with Gasteiger partial charge < -0.3 is 0 Å². The van der Waals surface area contributed by atoms with Gasteiger partial charge in [0.2, 0.25) is 0 Å². The lowest BCUT2D eigenvalue weighted by atomic mass is 10.2. The Hall–Kier alpha value is -0.430. The van der Waals surface area contributed by atoms with Gasteiger partial charge in [0.05, 0.1) is 0 Å². The second-order valence-electron chi connectivity index (χ2n) is 2.25. The highest BCUT2D eigenvalue weighted by molar-refractivity contribution is 7.99. The SMILES string of the molecule is CC.CCSc1cccc(C)c1. The van der Waals surface area contributed by atoms with Gasteiger partial charge in [0.25, 0.3) is 0 Å². The van der Waals surface area contributed by atoms with Crippen molar-refractivity contribution in [2.24, 2.45) is 0 Å². The molecule has 0 amide bonds. The van der Waals surface area contributed by atoms with E-state index in [9.17, 15) is 0 Å². The first-order valence-corrected chi connectivity index (χ1v) is 5.51. The van der Waals surface area contributed by atoms with E-state index in [0.717, 1.165) is 5.75 Å². The van der Waals surface area contributed by atoms with Crippen molar-refractivity contribution in [1.29, 1.82) is 0 Å². The van der Waals surface area contributed by atoms with Gasteiger partial charge >= 0.3 is 0 Å². The summed E-state index contributed by atoms with van der Waals surface area (Å²) in [5, 5.41) is 0. The molecule has 0 N–H and O–H groups in total. The first-order chi connectivity index (χ1) is 5.83. The van der Waals surface area contributed by atoms with Gasteiger partial charge in [0.15, 0.2) is 0 Å². The average molecular weight is 182 g/mol. The summed E-state index contributed by atoms with van der Waals surface area (Å²) in [6.07, 6.45) is 0. The molecule has 0 nitrogen and oxygen atoms in total. The fraction of sp³-hybridized carbons (Fsp3) is 0.455. The zero-order valence-corrected chi connectivity index (χ0v) is 9.24. The first-order valence-electron chi connectivity index (χ1n) is 4.52. The van der Waals surface area contributed by atoms with Crippen molar-refractivity contribution in [2.45, 2.75) is 32.6 Å². The number of thioether (sulfide) groups is 1. The molecule has 0 radical (unpaired) electrons. The molecule has 0 atom stereocenters. The lowest BCUT2D eigenvalue weighted by Crippen LogP contribution is -1.74. The maximum Gasteiger partial charge on any atom is 0.00744 e. The van der Waals surface area contributed by atoms with Crippen molar-refractivity contribution in [1.82, 2.24) is 0 Å². The highest BCUT2D eigenvalue weighted by Crippen LogP contribution is 2.17. The van der Waals surface area contributed by atoms with Crippen LogP contribution in [0.1, 0.15) is 26.3 Å². The Morgan fingerprint density at radius 3 is 2.42 bits per heavy atom. The third-order valence-corrected chi connectivity index (χ3v) is 2.18. The van der Waals surface area contributed by atoms with Crippen molar-refractivity contribution in [3.8, 4) is 0 Å². The standard InChI is InChI=1S/C9H12S.C2H6/c1-3-10-9-6-4-5-8(2)7-9;1-2/h4-7H,3H2,1-2H3;1-2H3. The predicted molar refractivity (Wildman–Crippen MR) is 58.9 cm³/mol. The van der Waals surface area contributed by atoms with Crippen molar-refractivity contribution >= 4 is 11.8 Å². The van der Waals surface area contributed by atoms with Crippen LogP contribution in [-0.4, -0.2) is 5.75 Å². The Kier molecular flexibility index (Phi) is 6.97. The van der Waals surface area contributed by atoms with Gasteiger partial charge in [0, 0.05) is 4.90 Å². The van der Waals surface area contributed by atoms with Crippen LogP contribution in [0.5, 0.6) is 0 Å². The summed E-state index contributed by atoms with van der Waals surface area (Å²) in [5.74, 6) is 1.16. The molecular formula is C11H18S. The summed E-state index contributed by atoms with van der Waals surface area (Å²) < 4.78 is 0. The average Bonchev–Trinajstić information content (AvgIpc) is 2.09. The Morgan fingerprint density at radius 1 is 1.25 bits per heavy atom. The van der Waals surface area contributed by atoms with Crippen LogP contribution >= 0.6 is 11.8 Å². The van der Waals surface area contributed by atoms with Crippen LogP contribution in [0.25, 0.3) is 0 Å². The zero-order chi connectivity index (χ0) is 9.40. The van der Waals surface area contributed by atoms with Gasteiger partial charge in [-0.3, -0.25) is 0 Å². The molecule has 0 saturated heterocycles. The molecule has 0 aromatic heterocycles. The Balaban J connectivity index is 0.000000561. The molecule has 1 rings (SSSR count). The maximum absolute atomic E-state index is 2.22. The van der Waals surface area contributed by atoms with Gasteiger partial charge in [-0.15, -0.1) is 11.8 Å². The predicted octanol–water partition coefficient (Wildman–Crippen LogP) is 4.13. The number of hydrogen-bond acceptors (Lipinski definition) is 1. The minimum Gasteiger partial charge on any atom is -0.126 e. The van der Waals surface area contributed by atoms with Gasteiger partial charge in [-0.2, -0.15) is 0 Å². The molecule has 0 saturated carbocycles. The van der Waals surface area contributed by atoms with E-state index in [1.165, 1.54) is 10.5 Å². The van der Waals surface area contributed by atoms with Crippen molar-refractivity contribution < 1.29 is 0 Å². The van der Waals surface area contributed by atoms with E-state index in [4.69, 9.17) is 0 Å².